The monoisotopic (exact) mass is 321 g/mol. The van der Waals surface area contributed by atoms with E-state index in [9.17, 15) is 5.11 Å². The van der Waals surface area contributed by atoms with Gasteiger partial charge in [-0.15, -0.1) is 0 Å². The van der Waals surface area contributed by atoms with Crippen LogP contribution < -0.4 is 0 Å². The molecule has 2 aromatic rings. The zero-order valence-corrected chi connectivity index (χ0v) is 11.5. The van der Waals surface area contributed by atoms with Crippen LogP contribution in [0.2, 0.25) is 0 Å². The van der Waals surface area contributed by atoms with Gasteiger partial charge in [-0.05, 0) is 30.4 Å². The molecule has 0 unspecified atom stereocenters. The Labute approximate surface area is 116 Å². The molecule has 2 heterocycles. The Kier molecular flexibility index (Phi) is 2.68. The van der Waals surface area contributed by atoms with Gasteiger partial charge in [0.15, 0.2) is 4.77 Å². The molecule has 18 heavy (non-hydrogen) atoms. The molecule has 0 bridgehead atoms. The van der Waals surface area contributed by atoms with E-state index < -0.39 is 0 Å². The van der Waals surface area contributed by atoms with E-state index in [0.717, 1.165) is 21.3 Å². The summed E-state index contributed by atoms with van der Waals surface area (Å²) >= 11 is 8.42. The van der Waals surface area contributed by atoms with Crippen molar-refractivity contribution in [1.29, 1.82) is 0 Å². The van der Waals surface area contributed by atoms with Crippen molar-refractivity contribution in [2.45, 2.75) is 0 Å². The Morgan fingerprint density at radius 3 is 2.89 bits per heavy atom. The predicted molar refractivity (Wildman–Crippen MR) is 77.8 cm³/mol. The summed E-state index contributed by atoms with van der Waals surface area (Å²) in [7, 11) is 0. The Morgan fingerprint density at radius 2 is 2.17 bits per heavy atom. The van der Waals surface area contributed by atoms with Gasteiger partial charge in [-0.2, -0.15) is 0 Å². The second kappa shape index (κ2) is 4.22. The highest BCUT2D eigenvalue weighted by Gasteiger charge is 2.16. The maximum Gasteiger partial charge on any atom is 0.215 e. The average Bonchev–Trinajstić information content (AvgIpc) is 2.85. The number of benzene rings is 1. The SMILES string of the molecule is Oc1[nH]c(=S)[nH]c1C=C1C=Nc2cccc(Br)c21. The number of aliphatic imine (C=N–C) groups is 1. The van der Waals surface area contributed by atoms with E-state index in [-0.39, 0.29) is 5.88 Å². The van der Waals surface area contributed by atoms with Gasteiger partial charge >= 0.3 is 0 Å². The zero-order chi connectivity index (χ0) is 12.7. The molecule has 1 aromatic carbocycles. The van der Waals surface area contributed by atoms with Crippen LogP contribution in [0.4, 0.5) is 5.69 Å². The number of aromatic hydroxyl groups is 1. The Bertz CT molecular complexity index is 742. The minimum atomic E-state index is 0.0291. The molecule has 0 radical (unpaired) electrons. The molecule has 1 aliphatic heterocycles. The molecule has 1 aliphatic rings. The molecular weight excluding hydrogens is 314 g/mol. The normalized spacial score (nSPS) is 15.3. The number of nitrogens with zero attached hydrogens (tertiary/aromatic N) is 1. The van der Waals surface area contributed by atoms with Crippen LogP contribution in [0.25, 0.3) is 11.6 Å². The van der Waals surface area contributed by atoms with E-state index in [2.05, 4.69) is 30.9 Å². The van der Waals surface area contributed by atoms with Crippen LogP contribution in [-0.2, 0) is 0 Å². The standard InChI is InChI=1S/C12H8BrN3OS/c13-7-2-1-3-8-10(7)6(5-14-8)4-9-11(17)16-12(18)15-9/h1-5,17H,(H2,15,16,18). The van der Waals surface area contributed by atoms with Gasteiger partial charge in [-0.3, -0.25) is 4.99 Å². The second-order valence-electron chi connectivity index (χ2n) is 3.83. The summed E-state index contributed by atoms with van der Waals surface area (Å²) in [4.78, 5) is 9.83. The third-order valence-electron chi connectivity index (χ3n) is 2.66. The van der Waals surface area contributed by atoms with E-state index in [0.29, 0.717) is 10.5 Å². The molecule has 0 aliphatic carbocycles. The van der Waals surface area contributed by atoms with E-state index in [1.807, 2.05) is 24.3 Å². The maximum absolute atomic E-state index is 9.65. The molecule has 3 rings (SSSR count). The number of H-pyrrole nitrogens is 2. The quantitative estimate of drug-likeness (QED) is 0.699. The summed E-state index contributed by atoms with van der Waals surface area (Å²) in [6, 6.07) is 5.83. The molecule has 4 nitrogen and oxygen atoms in total. The number of hydrogen-bond acceptors (Lipinski definition) is 3. The van der Waals surface area contributed by atoms with Gasteiger partial charge in [0.25, 0.3) is 0 Å². The van der Waals surface area contributed by atoms with Crippen molar-refractivity contribution in [2.75, 3.05) is 0 Å². The van der Waals surface area contributed by atoms with Crippen LogP contribution in [0.5, 0.6) is 5.88 Å². The summed E-state index contributed by atoms with van der Waals surface area (Å²) in [5, 5.41) is 9.65. The molecule has 90 valence electrons. The van der Waals surface area contributed by atoms with Crippen LogP contribution in [0, 0.1) is 4.77 Å². The number of nitrogens with one attached hydrogen (secondary N) is 2. The van der Waals surface area contributed by atoms with Crippen LogP contribution in [0.15, 0.2) is 27.7 Å². The largest absolute Gasteiger partial charge is 0.493 e. The predicted octanol–water partition coefficient (Wildman–Crippen LogP) is 3.80. The first-order chi connectivity index (χ1) is 8.65. The van der Waals surface area contributed by atoms with Crippen molar-refractivity contribution in [1.82, 2.24) is 9.97 Å². The lowest BCUT2D eigenvalue weighted by molar-refractivity contribution is 0.455. The van der Waals surface area contributed by atoms with Crippen molar-refractivity contribution in [3.63, 3.8) is 0 Å². The van der Waals surface area contributed by atoms with Gasteiger partial charge < -0.3 is 15.1 Å². The highest BCUT2D eigenvalue weighted by molar-refractivity contribution is 9.10. The number of allylic oxidation sites excluding steroid dienone is 1. The van der Waals surface area contributed by atoms with Crippen molar-refractivity contribution in [3.8, 4) is 5.88 Å². The molecule has 0 saturated carbocycles. The summed E-state index contributed by atoms with van der Waals surface area (Å²) < 4.78 is 1.36. The average molecular weight is 322 g/mol. The fourth-order valence-electron chi connectivity index (χ4n) is 1.87. The van der Waals surface area contributed by atoms with E-state index in [4.69, 9.17) is 12.2 Å². The smallest absolute Gasteiger partial charge is 0.215 e. The van der Waals surface area contributed by atoms with Crippen LogP contribution in [-0.4, -0.2) is 21.3 Å². The van der Waals surface area contributed by atoms with Crippen molar-refractivity contribution in [3.05, 3.63) is 38.7 Å². The molecule has 0 amide bonds. The Balaban J connectivity index is 2.15. The minimum absolute atomic E-state index is 0.0291. The molecule has 0 saturated heterocycles. The molecule has 0 spiro atoms. The van der Waals surface area contributed by atoms with Crippen molar-refractivity contribution >= 4 is 51.7 Å². The number of imidazole rings is 1. The number of aromatic amines is 2. The van der Waals surface area contributed by atoms with Crippen LogP contribution >= 0.6 is 28.1 Å². The second-order valence-corrected chi connectivity index (χ2v) is 5.10. The van der Waals surface area contributed by atoms with Gasteiger partial charge in [-0.1, -0.05) is 22.0 Å². The van der Waals surface area contributed by atoms with Crippen molar-refractivity contribution < 1.29 is 5.11 Å². The first kappa shape index (κ1) is 11.4. The van der Waals surface area contributed by atoms with Gasteiger partial charge in [0.1, 0.15) is 5.69 Å². The Morgan fingerprint density at radius 1 is 1.33 bits per heavy atom. The minimum Gasteiger partial charge on any atom is -0.493 e. The van der Waals surface area contributed by atoms with Gasteiger partial charge in [-0.25, -0.2) is 0 Å². The fraction of sp³-hybridized carbons (Fsp3) is 0. The van der Waals surface area contributed by atoms with E-state index in [1.54, 1.807) is 6.21 Å². The summed E-state index contributed by atoms with van der Waals surface area (Å²) in [6.07, 6.45) is 3.57. The lowest BCUT2D eigenvalue weighted by Gasteiger charge is -2.02. The Hall–Kier alpha value is -1.66. The summed E-state index contributed by atoms with van der Waals surface area (Å²) in [5.41, 5.74) is 3.38. The topological polar surface area (TPSA) is 64.2 Å². The van der Waals surface area contributed by atoms with E-state index >= 15 is 0 Å². The third kappa shape index (κ3) is 1.83. The van der Waals surface area contributed by atoms with Crippen molar-refractivity contribution in [2.24, 2.45) is 4.99 Å². The number of rotatable bonds is 1. The summed E-state index contributed by atoms with van der Waals surface area (Å²) in [5.74, 6) is 0.0291. The number of aromatic nitrogens is 2. The molecule has 6 heteroatoms. The fourth-order valence-corrected chi connectivity index (χ4v) is 2.66. The summed E-state index contributed by atoms with van der Waals surface area (Å²) in [6.45, 7) is 0. The van der Waals surface area contributed by atoms with E-state index in [1.165, 1.54) is 0 Å². The highest BCUT2D eigenvalue weighted by atomic mass is 79.9. The first-order valence-electron chi connectivity index (χ1n) is 5.21. The lowest BCUT2D eigenvalue weighted by Crippen LogP contribution is -1.83. The van der Waals surface area contributed by atoms with Crippen LogP contribution in [0.3, 0.4) is 0 Å². The molecule has 0 atom stereocenters. The molecule has 3 N–H and O–H groups in total. The maximum atomic E-state index is 9.65. The third-order valence-corrected chi connectivity index (χ3v) is 3.52. The first-order valence-corrected chi connectivity index (χ1v) is 6.41. The molecular formula is C12H8BrN3OS. The van der Waals surface area contributed by atoms with Gasteiger partial charge in [0.2, 0.25) is 5.88 Å². The number of halogens is 1. The lowest BCUT2D eigenvalue weighted by atomic mass is 10.1. The van der Waals surface area contributed by atoms with Crippen LogP contribution in [0.1, 0.15) is 11.3 Å². The molecule has 1 aromatic heterocycles. The molecule has 0 fully saturated rings. The number of hydrogen-bond donors (Lipinski definition) is 3. The number of fused-ring (bicyclic) bond motifs is 1. The van der Waals surface area contributed by atoms with Gasteiger partial charge in [0.05, 0.1) is 5.69 Å². The zero-order valence-electron chi connectivity index (χ0n) is 9.07. The van der Waals surface area contributed by atoms with Gasteiger partial charge in [0, 0.05) is 21.8 Å². The highest BCUT2D eigenvalue weighted by Crippen LogP contribution is 2.38.